The minimum absolute atomic E-state index is 0.0580. The molecule has 0 fully saturated rings. The Labute approximate surface area is 113 Å². The highest BCUT2D eigenvalue weighted by Crippen LogP contribution is 2.26. The molecular weight excluding hydrogens is 282 g/mol. The van der Waals surface area contributed by atoms with Crippen LogP contribution in [0.5, 0.6) is 0 Å². The lowest BCUT2D eigenvalue weighted by atomic mass is 10.2. The van der Waals surface area contributed by atoms with E-state index in [9.17, 15) is 17.6 Å². The highest BCUT2D eigenvalue weighted by molar-refractivity contribution is 7.10. The van der Waals surface area contributed by atoms with Crippen LogP contribution < -0.4 is 5.32 Å². The standard InChI is InChI=1S/C12H17F4NOS/c1-3-17-9(10-8(2)4-5-19-10)6-18-7-12(15,16)11(13)14/h4-5,9,11,17H,3,6-7H2,1-2H3. The molecule has 2 nitrogen and oxygen atoms in total. The van der Waals surface area contributed by atoms with Crippen LogP contribution in [0.1, 0.15) is 23.4 Å². The van der Waals surface area contributed by atoms with Gasteiger partial charge >= 0.3 is 12.3 Å². The van der Waals surface area contributed by atoms with Crippen molar-refractivity contribution in [1.82, 2.24) is 5.32 Å². The van der Waals surface area contributed by atoms with Gasteiger partial charge in [0.05, 0.1) is 12.6 Å². The summed E-state index contributed by atoms with van der Waals surface area (Å²) in [6, 6.07) is 1.66. The number of hydrogen-bond acceptors (Lipinski definition) is 3. The first-order valence-electron chi connectivity index (χ1n) is 5.89. The Kier molecular flexibility index (Phi) is 6.22. The molecule has 19 heavy (non-hydrogen) atoms. The average molecular weight is 299 g/mol. The molecule has 0 saturated carbocycles. The zero-order chi connectivity index (χ0) is 14.5. The van der Waals surface area contributed by atoms with Crippen LogP contribution in [-0.2, 0) is 4.74 Å². The van der Waals surface area contributed by atoms with Gasteiger partial charge in [0.1, 0.15) is 6.61 Å². The fourth-order valence-electron chi connectivity index (χ4n) is 1.59. The molecule has 0 aliphatic heterocycles. The molecule has 0 radical (unpaired) electrons. The lowest BCUT2D eigenvalue weighted by Crippen LogP contribution is -2.34. The maximum absolute atomic E-state index is 12.7. The van der Waals surface area contributed by atoms with E-state index in [1.54, 1.807) is 0 Å². The summed E-state index contributed by atoms with van der Waals surface area (Å²) >= 11 is 1.48. The fraction of sp³-hybridized carbons (Fsp3) is 0.667. The zero-order valence-corrected chi connectivity index (χ0v) is 11.6. The summed E-state index contributed by atoms with van der Waals surface area (Å²) in [6.07, 6.45) is -3.70. The Morgan fingerprint density at radius 3 is 2.58 bits per heavy atom. The van der Waals surface area contributed by atoms with Gasteiger partial charge in [0, 0.05) is 4.88 Å². The van der Waals surface area contributed by atoms with Gasteiger partial charge in [-0.2, -0.15) is 8.78 Å². The maximum atomic E-state index is 12.7. The summed E-state index contributed by atoms with van der Waals surface area (Å²) in [6.45, 7) is 3.10. The number of hydrogen-bond donors (Lipinski definition) is 1. The second-order valence-corrected chi connectivity index (χ2v) is 5.10. The summed E-state index contributed by atoms with van der Waals surface area (Å²) < 4.78 is 54.1. The van der Waals surface area contributed by atoms with Gasteiger partial charge < -0.3 is 10.1 Å². The van der Waals surface area contributed by atoms with Gasteiger partial charge in [0.2, 0.25) is 0 Å². The lowest BCUT2D eigenvalue weighted by Gasteiger charge is -2.20. The van der Waals surface area contributed by atoms with E-state index >= 15 is 0 Å². The topological polar surface area (TPSA) is 21.3 Å². The van der Waals surface area contributed by atoms with Crippen molar-refractivity contribution in [3.8, 4) is 0 Å². The Hall–Kier alpha value is -0.660. The number of halogens is 4. The largest absolute Gasteiger partial charge is 0.373 e. The third-order valence-corrected chi connectivity index (χ3v) is 3.70. The molecule has 1 atom stereocenters. The number of likely N-dealkylation sites (N-methyl/N-ethyl adjacent to an activating group) is 1. The Bertz CT molecular complexity index is 384. The van der Waals surface area contributed by atoms with Crippen molar-refractivity contribution in [2.24, 2.45) is 0 Å². The van der Waals surface area contributed by atoms with E-state index < -0.39 is 19.0 Å². The molecule has 1 aromatic heterocycles. The van der Waals surface area contributed by atoms with Crippen LogP contribution in [0, 0.1) is 6.92 Å². The van der Waals surface area contributed by atoms with E-state index in [4.69, 9.17) is 4.74 Å². The molecule has 1 heterocycles. The highest BCUT2D eigenvalue weighted by Gasteiger charge is 2.41. The first kappa shape index (κ1) is 16.4. The molecule has 1 N–H and O–H groups in total. The van der Waals surface area contributed by atoms with Crippen molar-refractivity contribution in [1.29, 1.82) is 0 Å². The first-order chi connectivity index (χ1) is 8.88. The smallest absolute Gasteiger partial charge is 0.330 e. The van der Waals surface area contributed by atoms with Gasteiger partial charge in [-0.25, -0.2) is 8.78 Å². The first-order valence-corrected chi connectivity index (χ1v) is 6.77. The minimum Gasteiger partial charge on any atom is -0.373 e. The molecule has 7 heteroatoms. The molecule has 1 rings (SSSR count). The molecule has 0 saturated heterocycles. The molecule has 0 aliphatic carbocycles. The summed E-state index contributed by atoms with van der Waals surface area (Å²) in [5.74, 6) is -4.10. The van der Waals surface area contributed by atoms with E-state index in [-0.39, 0.29) is 12.6 Å². The zero-order valence-electron chi connectivity index (χ0n) is 10.8. The van der Waals surface area contributed by atoms with Crippen molar-refractivity contribution >= 4 is 11.3 Å². The van der Waals surface area contributed by atoms with Crippen LogP contribution in [-0.4, -0.2) is 32.1 Å². The van der Waals surface area contributed by atoms with E-state index in [1.165, 1.54) is 11.3 Å². The van der Waals surface area contributed by atoms with Gasteiger partial charge in [-0.3, -0.25) is 0 Å². The van der Waals surface area contributed by atoms with Crippen molar-refractivity contribution in [3.63, 3.8) is 0 Å². The van der Waals surface area contributed by atoms with Crippen LogP contribution >= 0.6 is 11.3 Å². The van der Waals surface area contributed by atoms with E-state index in [1.807, 2.05) is 25.3 Å². The number of thiophene rings is 1. The molecular formula is C12H17F4NOS. The highest BCUT2D eigenvalue weighted by atomic mass is 32.1. The summed E-state index contributed by atoms with van der Waals surface area (Å²) in [7, 11) is 0. The average Bonchev–Trinajstić information content (AvgIpc) is 2.74. The Morgan fingerprint density at radius 2 is 2.11 bits per heavy atom. The van der Waals surface area contributed by atoms with Crippen LogP contribution in [0.3, 0.4) is 0 Å². The molecule has 0 aromatic carbocycles. The van der Waals surface area contributed by atoms with Crippen LogP contribution in [0.25, 0.3) is 0 Å². The molecule has 110 valence electrons. The van der Waals surface area contributed by atoms with Gasteiger partial charge in [0.25, 0.3) is 0 Å². The normalized spacial score (nSPS) is 14.1. The summed E-state index contributed by atoms with van der Waals surface area (Å²) in [4.78, 5) is 0.974. The molecule has 1 aromatic rings. The SMILES string of the molecule is CCNC(COCC(F)(F)C(F)F)c1sccc1C. The predicted molar refractivity (Wildman–Crippen MR) is 67.2 cm³/mol. The van der Waals surface area contributed by atoms with Gasteiger partial charge in [-0.15, -0.1) is 11.3 Å². The second kappa shape index (κ2) is 7.21. The molecule has 0 amide bonds. The Balaban J connectivity index is 2.54. The van der Waals surface area contributed by atoms with Crippen molar-refractivity contribution in [3.05, 3.63) is 21.9 Å². The van der Waals surface area contributed by atoms with E-state index in [0.717, 1.165) is 10.4 Å². The van der Waals surface area contributed by atoms with Gasteiger partial charge in [0.15, 0.2) is 0 Å². The number of ether oxygens (including phenoxy) is 1. The molecule has 1 unspecified atom stereocenters. The fourth-order valence-corrected chi connectivity index (χ4v) is 2.58. The number of rotatable bonds is 8. The van der Waals surface area contributed by atoms with Gasteiger partial charge in [-0.1, -0.05) is 6.92 Å². The van der Waals surface area contributed by atoms with Crippen LogP contribution in [0.2, 0.25) is 0 Å². The minimum atomic E-state index is -4.10. The summed E-state index contributed by atoms with van der Waals surface area (Å²) in [5, 5.41) is 4.99. The maximum Gasteiger partial charge on any atom is 0.330 e. The number of nitrogens with one attached hydrogen (secondary N) is 1. The van der Waals surface area contributed by atoms with Crippen molar-refractivity contribution < 1.29 is 22.3 Å². The third-order valence-electron chi connectivity index (χ3n) is 2.57. The molecule has 0 aliphatic rings. The van der Waals surface area contributed by atoms with Gasteiger partial charge in [-0.05, 0) is 30.5 Å². The van der Waals surface area contributed by atoms with Crippen LogP contribution in [0.15, 0.2) is 11.4 Å². The van der Waals surface area contributed by atoms with Crippen LogP contribution in [0.4, 0.5) is 17.6 Å². The number of alkyl halides is 4. The Morgan fingerprint density at radius 1 is 1.42 bits per heavy atom. The monoisotopic (exact) mass is 299 g/mol. The predicted octanol–water partition coefficient (Wildman–Crippen LogP) is 3.62. The van der Waals surface area contributed by atoms with Crippen molar-refractivity contribution in [2.45, 2.75) is 32.2 Å². The lowest BCUT2D eigenvalue weighted by molar-refractivity contribution is -0.167. The molecule has 0 bridgehead atoms. The van der Waals surface area contributed by atoms with E-state index in [0.29, 0.717) is 6.54 Å². The molecule has 0 spiro atoms. The van der Waals surface area contributed by atoms with E-state index in [2.05, 4.69) is 5.32 Å². The quantitative estimate of drug-likeness (QED) is 0.740. The number of aryl methyl sites for hydroxylation is 1. The summed E-state index contributed by atoms with van der Waals surface area (Å²) in [5.41, 5.74) is 1.03. The third kappa shape index (κ3) is 4.74. The van der Waals surface area contributed by atoms with Crippen molar-refractivity contribution in [2.75, 3.05) is 19.8 Å². The second-order valence-electron chi connectivity index (χ2n) is 4.15.